The molecule has 1 aromatic heterocycles. The monoisotopic (exact) mass is 353 g/mol. The highest BCUT2D eigenvalue weighted by Crippen LogP contribution is 2.15. The minimum Gasteiger partial charge on any atom is -0.340 e. The van der Waals surface area contributed by atoms with Gasteiger partial charge >= 0.3 is 0 Å². The molecule has 0 saturated carbocycles. The maximum absolute atomic E-state index is 12.3. The van der Waals surface area contributed by atoms with Gasteiger partial charge in [0.2, 0.25) is 0 Å². The van der Waals surface area contributed by atoms with Gasteiger partial charge in [-0.3, -0.25) is 9.59 Å². The lowest BCUT2D eigenvalue weighted by Gasteiger charge is -2.17. The van der Waals surface area contributed by atoms with Gasteiger partial charge in [-0.05, 0) is 36.7 Å². The van der Waals surface area contributed by atoms with Gasteiger partial charge < -0.3 is 15.5 Å². The lowest BCUT2D eigenvalue weighted by atomic mass is 10.1. The molecule has 0 unspecified atom stereocenters. The predicted octanol–water partition coefficient (Wildman–Crippen LogP) is 2.71. The molecule has 2 aromatic rings. The van der Waals surface area contributed by atoms with Crippen molar-refractivity contribution in [3.63, 3.8) is 0 Å². The second-order valence-electron chi connectivity index (χ2n) is 4.84. The number of anilines is 1. The quantitative estimate of drug-likeness (QED) is 0.839. The molecule has 1 heterocycles. The SMILES string of the molecule is CNCCN(C)C(=O)c1cccc(NC(=O)c2cccs2)c1.Cl. The summed E-state index contributed by atoms with van der Waals surface area (Å²) in [6, 6.07) is 10.6. The van der Waals surface area contributed by atoms with Crippen LogP contribution < -0.4 is 10.6 Å². The summed E-state index contributed by atoms with van der Waals surface area (Å²) < 4.78 is 0. The Kier molecular flexibility index (Phi) is 7.74. The standard InChI is InChI=1S/C16H19N3O2S.ClH/c1-17-8-9-19(2)16(21)12-5-3-6-13(11-12)18-15(20)14-7-4-10-22-14;/h3-7,10-11,17H,8-9H2,1-2H3,(H,18,20);1H. The number of thiophene rings is 1. The predicted molar refractivity (Wildman–Crippen MR) is 96.8 cm³/mol. The highest BCUT2D eigenvalue weighted by Gasteiger charge is 2.13. The first kappa shape index (κ1) is 19.2. The number of nitrogens with one attached hydrogen (secondary N) is 2. The number of nitrogens with zero attached hydrogens (tertiary/aromatic N) is 1. The first-order valence-corrected chi connectivity index (χ1v) is 7.85. The maximum atomic E-state index is 12.3. The zero-order valence-electron chi connectivity index (χ0n) is 13.0. The fourth-order valence-corrected chi connectivity index (χ4v) is 2.55. The molecule has 5 nitrogen and oxygen atoms in total. The van der Waals surface area contributed by atoms with Crippen molar-refractivity contribution in [3.8, 4) is 0 Å². The van der Waals surface area contributed by atoms with Gasteiger partial charge in [0, 0.05) is 31.4 Å². The van der Waals surface area contributed by atoms with Gasteiger partial charge in [0.25, 0.3) is 11.8 Å². The van der Waals surface area contributed by atoms with E-state index in [2.05, 4.69) is 10.6 Å². The van der Waals surface area contributed by atoms with E-state index in [1.54, 1.807) is 42.3 Å². The molecule has 0 radical (unpaired) electrons. The summed E-state index contributed by atoms with van der Waals surface area (Å²) >= 11 is 1.38. The minimum absolute atomic E-state index is 0. The van der Waals surface area contributed by atoms with Crippen molar-refractivity contribution in [1.82, 2.24) is 10.2 Å². The normalized spacial score (nSPS) is 9.83. The van der Waals surface area contributed by atoms with E-state index in [1.165, 1.54) is 11.3 Å². The van der Waals surface area contributed by atoms with Crippen molar-refractivity contribution in [2.45, 2.75) is 0 Å². The van der Waals surface area contributed by atoms with Crippen LogP contribution in [0.2, 0.25) is 0 Å². The van der Waals surface area contributed by atoms with Crippen molar-refractivity contribution < 1.29 is 9.59 Å². The molecule has 124 valence electrons. The zero-order valence-corrected chi connectivity index (χ0v) is 14.7. The Bertz CT molecular complexity index is 647. The molecular formula is C16H20ClN3O2S. The molecule has 1 aromatic carbocycles. The van der Waals surface area contributed by atoms with Gasteiger partial charge in [-0.25, -0.2) is 0 Å². The van der Waals surface area contributed by atoms with Crippen molar-refractivity contribution in [2.24, 2.45) is 0 Å². The summed E-state index contributed by atoms with van der Waals surface area (Å²) in [5, 5.41) is 7.67. The van der Waals surface area contributed by atoms with Gasteiger partial charge in [-0.2, -0.15) is 0 Å². The minimum atomic E-state index is -0.164. The Balaban J connectivity index is 0.00000264. The summed E-state index contributed by atoms with van der Waals surface area (Å²) in [7, 11) is 3.61. The first-order valence-electron chi connectivity index (χ1n) is 6.97. The number of benzene rings is 1. The van der Waals surface area contributed by atoms with Gasteiger partial charge in [-0.15, -0.1) is 23.7 Å². The van der Waals surface area contributed by atoms with Crippen LogP contribution >= 0.6 is 23.7 Å². The lowest BCUT2D eigenvalue weighted by Crippen LogP contribution is -2.32. The molecule has 2 rings (SSSR count). The summed E-state index contributed by atoms with van der Waals surface area (Å²) in [5.74, 6) is -0.231. The number of carbonyl (C=O) groups excluding carboxylic acids is 2. The van der Waals surface area contributed by atoms with Crippen LogP contribution in [0, 0.1) is 0 Å². The maximum Gasteiger partial charge on any atom is 0.265 e. The van der Waals surface area contributed by atoms with Crippen molar-refractivity contribution in [1.29, 1.82) is 0 Å². The fourth-order valence-electron chi connectivity index (χ4n) is 1.93. The molecule has 2 amide bonds. The van der Waals surface area contributed by atoms with Gasteiger partial charge in [0.1, 0.15) is 0 Å². The smallest absolute Gasteiger partial charge is 0.265 e. The first-order chi connectivity index (χ1) is 10.6. The molecule has 0 aliphatic carbocycles. The largest absolute Gasteiger partial charge is 0.340 e. The van der Waals surface area contributed by atoms with Crippen LogP contribution in [0.4, 0.5) is 5.69 Å². The third-order valence-electron chi connectivity index (χ3n) is 3.16. The van der Waals surface area contributed by atoms with E-state index in [0.717, 1.165) is 6.54 Å². The summed E-state index contributed by atoms with van der Waals surface area (Å²) in [5.41, 5.74) is 1.17. The molecule has 0 aliphatic rings. The third-order valence-corrected chi connectivity index (χ3v) is 4.02. The highest BCUT2D eigenvalue weighted by atomic mass is 35.5. The Hall–Kier alpha value is -1.89. The fraction of sp³-hybridized carbons (Fsp3) is 0.250. The van der Waals surface area contributed by atoms with Crippen LogP contribution in [0.25, 0.3) is 0 Å². The molecule has 0 atom stereocenters. The molecule has 23 heavy (non-hydrogen) atoms. The molecule has 0 bridgehead atoms. The van der Waals surface area contributed by atoms with E-state index in [1.807, 2.05) is 18.5 Å². The van der Waals surface area contributed by atoms with Crippen LogP contribution in [0.3, 0.4) is 0 Å². The molecule has 0 saturated heterocycles. The molecule has 0 fully saturated rings. The lowest BCUT2D eigenvalue weighted by molar-refractivity contribution is 0.0796. The van der Waals surface area contributed by atoms with Gasteiger partial charge in [-0.1, -0.05) is 12.1 Å². The number of halogens is 1. The molecular weight excluding hydrogens is 334 g/mol. The van der Waals surface area contributed by atoms with Crippen LogP contribution in [0.1, 0.15) is 20.0 Å². The van der Waals surface area contributed by atoms with Crippen LogP contribution in [0.5, 0.6) is 0 Å². The molecule has 0 aliphatic heterocycles. The average Bonchev–Trinajstić information content (AvgIpc) is 3.06. The second-order valence-corrected chi connectivity index (χ2v) is 5.79. The van der Waals surface area contributed by atoms with E-state index in [0.29, 0.717) is 22.7 Å². The number of rotatable bonds is 6. The Labute approximate surface area is 146 Å². The number of hydrogen-bond donors (Lipinski definition) is 2. The van der Waals surface area contributed by atoms with Crippen molar-refractivity contribution >= 4 is 41.2 Å². The Morgan fingerprint density at radius 1 is 1.22 bits per heavy atom. The Morgan fingerprint density at radius 3 is 2.65 bits per heavy atom. The van der Waals surface area contributed by atoms with Crippen LogP contribution in [-0.4, -0.2) is 43.9 Å². The number of carbonyl (C=O) groups is 2. The topological polar surface area (TPSA) is 61.4 Å². The third kappa shape index (κ3) is 5.35. The van der Waals surface area contributed by atoms with E-state index in [-0.39, 0.29) is 24.2 Å². The van der Waals surface area contributed by atoms with Gasteiger partial charge in [0.05, 0.1) is 4.88 Å². The van der Waals surface area contributed by atoms with Crippen LogP contribution in [-0.2, 0) is 0 Å². The second kappa shape index (κ2) is 9.29. The average molecular weight is 354 g/mol. The summed E-state index contributed by atoms with van der Waals surface area (Å²) in [6.45, 7) is 1.36. The highest BCUT2D eigenvalue weighted by molar-refractivity contribution is 7.12. The Morgan fingerprint density at radius 2 is 2.00 bits per heavy atom. The molecule has 7 heteroatoms. The van der Waals surface area contributed by atoms with E-state index in [9.17, 15) is 9.59 Å². The van der Waals surface area contributed by atoms with E-state index < -0.39 is 0 Å². The van der Waals surface area contributed by atoms with Crippen LogP contribution in [0.15, 0.2) is 41.8 Å². The molecule has 2 N–H and O–H groups in total. The summed E-state index contributed by atoms with van der Waals surface area (Å²) in [6.07, 6.45) is 0. The van der Waals surface area contributed by atoms with Gasteiger partial charge in [0.15, 0.2) is 0 Å². The van der Waals surface area contributed by atoms with Crippen molar-refractivity contribution in [3.05, 3.63) is 52.2 Å². The number of likely N-dealkylation sites (N-methyl/N-ethyl adjacent to an activating group) is 2. The number of hydrogen-bond acceptors (Lipinski definition) is 4. The summed E-state index contributed by atoms with van der Waals surface area (Å²) in [4.78, 5) is 26.6. The number of amides is 2. The zero-order chi connectivity index (χ0) is 15.9. The van der Waals surface area contributed by atoms with Crippen molar-refractivity contribution in [2.75, 3.05) is 32.5 Å². The van der Waals surface area contributed by atoms with E-state index >= 15 is 0 Å². The van der Waals surface area contributed by atoms with E-state index in [4.69, 9.17) is 0 Å². The molecule has 0 spiro atoms.